The molecule has 0 aliphatic carbocycles. The van der Waals surface area contributed by atoms with Gasteiger partial charge in [-0.3, -0.25) is 9.36 Å². The molecule has 0 aliphatic rings. The maximum atomic E-state index is 13.2. The fourth-order valence-electron chi connectivity index (χ4n) is 2.48. The van der Waals surface area contributed by atoms with E-state index >= 15 is 0 Å². The van der Waals surface area contributed by atoms with Crippen LogP contribution in [0.5, 0.6) is 0 Å². The summed E-state index contributed by atoms with van der Waals surface area (Å²) in [6.45, 7) is -0.277. The van der Waals surface area contributed by atoms with Crippen molar-refractivity contribution in [2.24, 2.45) is 0 Å². The Labute approximate surface area is 139 Å². The van der Waals surface area contributed by atoms with Crippen LogP contribution >= 0.6 is 0 Å². The molecule has 0 amide bonds. The van der Waals surface area contributed by atoms with E-state index in [0.717, 1.165) is 35.2 Å². The van der Waals surface area contributed by atoms with Gasteiger partial charge in [0.05, 0.1) is 35.4 Å². The first kappa shape index (κ1) is 17.1. The normalized spacial score (nSPS) is 13.2. The van der Waals surface area contributed by atoms with E-state index in [1.165, 1.54) is 18.2 Å². The minimum Gasteiger partial charge on any atom is -0.387 e. The molecule has 3 rings (SSSR count). The summed E-state index contributed by atoms with van der Waals surface area (Å²) in [6.07, 6.45) is -4.73. The minimum atomic E-state index is -4.53. The van der Waals surface area contributed by atoms with Crippen molar-refractivity contribution in [2.45, 2.75) is 18.8 Å². The van der Waals surface area contributed by atoms with E-state index in [9.17, 15) is 27.5 Å². The molecule has 3 aromatic rings. The fraction of sp³-hybridized carbons (Fsp3) is 0.176. The molecule has 130 valence electrons. The monoisotopic (exact) mass is 352 g/mol. The fourth-order valence-corrected chi connectivity index (χ4v) is 2.48. The number of nitrogens with zero attached hydrogens (tertiary/aromatic N) is 2. The van der Waals surface area contributed by atoms with E-state index in [4.69, 9.17) is 0 Å². The van der Waals surface area contributed by atoms with Gasteiger partial charge in [0.2, 0.25) is 0 Å². The third kappa shape index (κ3) is 3.53. The standard InChI is InChI=1S/C17H12F4N2O2/c18-12-4-5-13-14(7-12)22-9-23(16(13)25)8-15(24)10-2-1-3-11(6-10)17(19,20)21/h1-7,9,15,24H,8H2. The van der Waals surface area contributed by atoms with Gasteiger partial charge in [-0.2, -0.15) is 13.2 Å². The number of hydrogen-bond donors (Lipinski definition) is 1. The van der Waals surface area contributed by atoms with Gasteiger partial charge >= 0.3 is 6.18 Å². The molecule has 1 atom stereocenters. The third-order valence-electron chi connectivity index (χ3n) is 3.76. The summed E-state index contributed by atoms with van der Waals surface area (Å²) in [7, 11) is 0. The van der Waals surface area contributed by atoms with Gasteiger partial charge in [0.15, 0.2) is 0 Å². The number of rotatable bonds is 3. The smallest absolute Gasteiger partial charge is 0.387 e. The van der Waals surface area contributed by atoms with Gasteiger partial charge in [-0.1, -0.05) is 12.1 Å². The molecule has 0 saturated heterocycles. The number of aliphatic hydroxyl groups is 1. The highest BCUT2D eigenvalue weighted by Crippen LogP contribution is 2.31. The Morgan fingerprint density at radius 3 is 2.64 bits per heavy atom. The van der Waals surface area contributed by atoms with Crippen molar-refractivity contribution in [1.29, 1.82) is 0 Å². The van der Waals surface area contributed by atoms with E-state index < -0.39 is 29.2 Å². The van der Waals surface area contributed by atoms with Crippen LogP contribution < -0.4 is 5.56 Å². The zero-order chi connectivity index (χ0) is 18.2. The van der Waals surface area contributed by atoms with Crippen LogP contribution in [0, 0.1) is 5.82 Å². The second-order valence-electron chi connectivity index (χ2n) is 5.50. The lowest BCUT2D eigenvalue weighted by Gasteiger charge is -2.15. The van der Waals surface area contributed by atoms with E-state index in [1.54, 1.807) is 0 Å². The summed E-state index contributed by atoms with van der Waals surface area (Å²) in [5, 5.41) is 10.3. The zero-order valence-corrected chi connectivity index (χ0v) is 12.7. The Hall–Kier alpha value is -2.74. The Bertz CT molecular complexity index is 982. The number of alkyl halides is 3. The number of hydrogen-bond acceptors (Lipinski definition) is 3. The number of fused-ring (bicyclic) bond motifs is 1. The summed E-state index contributed by atoms with van der Waals surface area (Å²) in [5.74, 6) is -0.541. The molecule has 0 fully saturated rings. The molecule has 1 N–H and O–H groups in total. The van der Waals surface area contributed by atoms with Gasteiger partial charge < -0.3 is 5.11 Å². The molecule has 0 bridgehead atoms. The average Bonchev–Trinajstić information content (AvgIpc) is 2.56. The summed E-state index contributed by atoms with van der Waals surface area (Å²) in [5.41, 5.74) is -1.21. The predicted octanol–water partition coefficient (Wildman–Crippen LogP) is 3.29. The van der Waals surface area contributed by atoms with Gasteiger partial charge in [-0.15, -0.1) is 0 Å². The van der Waals surface area contributed by atoms with E-state index in [-0.39, 0.29) is 23.0 Å². The number of halogens is 4. The first-order valence-electron chi connectivity index (χ1n) is 7.25. The van der Waals surface area contributed by atoms with Crippen molar-refractivity contribution in [1.82, 2.24) is 9.55 Å². The first-order chi connectivity index (χ1) is 11.8. The molecule has 2 aromatic carbocycles. The van der Waals surface area contributed by atoms with Crippen LogP contribution in [0.25, 0.3) is 10.9 Å². The largest absolute Gasteiger partial charge is 0.416 e. The Kier molecular flexibility index (Phi) is 4.30. The average molecular weight is 352 g/mol. The van der Waals surface area contributed by atoms with Crippen molar-refractivity contribution >= 4 is 10.9 Å². The molecule has 1 aromatic heterocycles. The van der Waals surface area contributed by atoms with Crippen LogP contribution in [-0.2, 0) is 12.7 Å². The lowest BCUT2D eigenvalue weighted by atomic mass is 10.1. The minimum absolute atomic E-state index is 0.0286. The number of benzene rings is 2. The lowest BCUT2D eigenvalue weighted by Crippen LogP contribution is -2.24. The zero-order valence-electron chi connectivity index (χ0n) is 12.7. The topological polar surface area (TPSA) is 55.1 Å². The summed E-state index contributed by atoms with van der Waals surface area (Å²) in [6, 6.07) is 7.74. The highest BCUT2D eigenvalue weighted by atomic mass is 19.4. The van der Waals surface area contributed by atoms with Crippen LogP contribution in [0.15, 0.2) is 53.6 Å². The highest BCUT2D eigenvalue weighted by Gasteiger charge is 2.30. The van der Waals surface area contributed by atoms with Crippen molar-refractivity contribution in [3.05, 3.63) is 76.1 Å². The molecule has 1 unspecified atom stereocenters. The number of aromatic nitrogens is 2. The molecule has 8 heteroatoms. The number of aliphatic hydroxyl groups excluding tert-OH is 1. The molecule has 25 heavy (non-hydrogen) atoms. The van der Waals surface area contributed by atoms with Crippen LogP contribution in [0.3, 0.4) is 0 Å². The molecule has 0 spiro atoms. The van der Waals surface area contributed by atoms with E-state index in [0.29, 0.717) is 0 Å². The molecule has 0 aliphatic heterocycles. The van der Waals surface area contributed by atoms with Crippen LogP contribution in [0.4, 0.5) is 17.6 Å². The van der Waals surface area contributed by atoms with Crippen LogP contribution in [0.2, 0.25) is 0 Å². The molecular formula is C17H12F4N2O2. The quantitative estimate of drug-likeness (QED) is 0.736. The Morgan fingerprint density at radius 1 is 1.16 bits per heavy atom. The summed E-state index contributed by atoms with van der Waals surface area (Å²) < 4.78 is 52.5. The molecule has 4 nitrogen and oxygen atoms in total. The molecule has 0 saturated carbocycles. The van der Waals surface area contributed by atoms with Gasteiger partial charge in [-0.25, -0.2) is 9.37 Å². The van der Waals surface area contributed by atoms with Crippen molar-refractivity contribution in [2.75, 3.05) is 0 Å². The first-order valence-corrected chi connectivity index (χ1v) is 7.25. The van der Waals surface area contributed by atoms with E-state index in [2.05, 4.69) is 4.98 Å². The van der Waals surface area contributed by atoms with E-state index in [1.807, 2.05) is 0 Å². The van der Waals surface area contributed by atoms with Gasteiger partial charge in [0.1, 0.15) is 5.82 Å². The Balaban J connectivity index is 1.92. The second kappa shape index (κ2) is 6.29. The Morgan fingerprint density at radius 2 is 1.92 bits per heavy atom. The maximum Gasteiger partial charge on any atom is 0.416 e. The maximum absolute atomic E-state index is 13.2. The summed E-state index contributed by atoms with van der Waals surface area (Å²) >= 11 is 0. The van der Waals surface area contributed by atoms with Gasteiger partial charge in [0, 0.05) is 6.07 Å². The molecule has 0 radical (unpaired) electrons. The van der Waals surface area contributed by atoms with Gasteiger partial charge in [0.25, 0.3) is 5.56 Å². The van der Waals surface area contributed by atoms with Crippen molar-refractivity contribution < 1.29 is 22.7 Å². The van der Waals surface area contributed by atoms with Crippen molar-refractivity contribution in [3.8, 4) is 0 Å². The second-order valence-corrected chi connectivity index (χ2v) is 5.50. The summed E-state index contributed by atoms with van der Waals surface area (Å²) in [4.78, 5) is 16.3. The van der Waals surface area contributed by atoms with Crippen LogP contribution in [-0.4, -0.2) is 14.7 Å². The third-order valence-corrected chi connectivity index (χ3v) is 3.76. The predicted molar refractivity (Wildman–Crippen MR) is 82.4 cm³/mol. The molecular weight excluding hydrogens is 340 g/mol. The van der Waals surface area contributed by atoms with Gasteiger partial charge in [-0.05, 0) is 29.8 Å². The highest BCUT2D eigenvalue weighted by molar-refractivity contribution is 5.77. The molecule has 1 heterocycles. The van der Waals surface area contributed by atoms with Crippen molar-refractivity contribution in [3.63, 3.8) is 0 Å². The van der Waals surface area contributed by atoms with Crippen LogP contribution in [0.1, 0.15) is 17.2 Å². The lowest BCUT2D eigenvalue weighted by molar-refractivity contribution is -0.137. The SMILES string of the molecule is O=c1c2ccc(F)cc2ncn1CC(O)c1cccc(C(F)(F)F)c1.